The van der Waals surface area contributed by atoms with Gasteiger partial charge in [-0.1, -0.05) is 31.2 Å². The van der Waals surface area contributed by atoms with E-state index in [1.807, 2.05) is 0 Å². The van der Waals surface area contributed by atoms with Crippen molar-refractivity contribution in [1.82, 2.24) is 5.32 Å². The van der Waals surface area contributed by atoms with Crippen LogP contribution in [0, 0.1) is 29.6 Å². The van der Waals surface area contributed by atoms with Crippen LogP contribution in [0.5, 0.6) is 0 Å². The summed E-state index contributed by atoms with van der Waals surface area (Å²) in [5.74, 6) is 5.29. The molecule has 0 spiro atoms. The van der Waals surface area contributed by atoms with Crippen molar-refractivity contribution in [2.75, 3.05) is 6.54 Å². The first-order valence-electron chi connectivity index (χ1n) is 9.10. The van der Waals surface area contributed by atoms with E-state index in [9.17, 15) is 0 Å². The quantitative estimate of drug-likeness (QED) is 0.844. The van der Waals surface area contributed by atoms with Gasteiger partial charge in [0.2, 0.25) is 0 Å². The highest BCUT2D eigenvalue weighted by Gasteiger charge is 2.47. The molecular weight excluding hydrogens is 254 g/mol. The maximum atomic E-state index is 3.77. The van der Waals surface area contributed by atoms with Gasteiger partial charge in [0.15, 0.2) is 0 Å². The van der Waals surface area contributed by atoms with E-state index >= 15 is 0 Å². The highest BCUT2D eigenvalue weighted by molar-refractivity contribution is 5.22. The fraction of sp³-hybridized carbons (Fsp3) is 0.700. The normalized spacial score (nSPS) is 37.1. The van der Waals surface area contributed by atoms with E-state index < -0.39 is 0 Å². The van der Waals surface area contributed by atoms with E-state index in [0.29, 0.717) is 0 Å². The second kappa shape index (κ2) is 5.76. The third kappa shape index (κ3) is 2.77. The van der Waals surface area contributed by atoms with Gasteiger partial charge in [-0.15, -0.1) is 0 Å². The molecular formula is C20H29N. The Bertz CT molecular complexity index is 447. The first-order chi connectivity index (χ1) is 10.3. The fourth-order valence-corrected chi connectivity index (χ4v) is 5.65. The van der Waals surface area contributed by atoms with Gasteiger partial charge in [0.05, 0.1) is 0 Å². The zero-order chi connectivity index (χ0) is 14.2. The predicted octanol–water partition coefficient (Wildman–Crippen LogP) is 4.41. The second-order valence-electron chi connectivity index (χ2n) is 7.90. The van der Waals surface area contributed by atoms with Crippen molar-refractivity contribution in [2.24, 2.45) is 29.6 Å². The van der Waals surface area contributed by atoms with Gasteiger partial charge in [-0.3, -0.25) is 0 Å². The molecule has 0 saturated heterocycles. The molecule has 0 aromatic heterocycles. The molecule has 0 amide bonds. The van der Waals surface area contributed by atoms with E-state index in [0.717, 1.165) is 42.6 Å². The molecule has 1 N–H and O–H groups in total. The zero-order valence-corrected chi connectivity index (χ0v) is 13.4. The van der Waals surface area contributed by atoms with Crippen LogP contribution in [0.4, 0.5) is 0 Å². The van der Waals surface area contributed by atoms with Gasteiger partial charge in [0, 0.05) is 6.54 Å². The van der Waals surface area contributed by atoms with Gasteiger partial charge in [0.1, 0.15) is 0 Å². The summed E-state index contributed by atoms with van der Waals surface area (Å²) < 4.78 is 0. The van der Waals surface area contributed by atoms with Crippen molar-refractivity contribution in [3.05, 3.63) is 35.4 Å². The number of benzene rings is 1. The van der Waals surface area contributed by atoms with Crippen LogP contribution in [-0.4, -0.2) is 6.54 Å². The summed E-state index contributed by atoms with van der Waals surface area (Å²) in [4.78, 5) is 0. The number of hydrogen-bond donors (Lipinski definition) is 1. The number of nitrogens with one attached hydrogen (secondary N) is 1. The lowest BCUT2D eigenvalue weighted by atomic mass is 9.52. The molecule has 114 valence electrons. The van der Waals surface area contributed by atoms with Crippen LogP contribution in [0.15, 0.2) is 24.3 Å². The largest absolute Gasteiger partial charge is 0.312 e. The summed E-state index contributed by atoms with van der Waals surface area (Å²) in [5, 5.41) is 3.77. The monoisotopic (exact) mass is 283 g/mol. The molecule has 4 bridgehead atoms. The Labute approximate surface area is 129 Å². The van der Waals surface area contributed by atoms with Gasteiger partial charge in [-0.2, -0.15) is 0 Å². The Balaban J connectivity index is 1.30. The van der Waals surface area contributed by atoms with Crippen molar-refractivity contribution < 1.29 is 0 Å². The standard InChI is InChI=1S/C20H29N/c1-2-14-3-5-15(6-4-14)12-21-13-20-18-8-16-7-17(10-18)11-19(20)9-16/h3-6,16-21H,2,7-13H2,1H3. The van der Waals surface area contributed by atoms with Crippen molar-refractivity contribution in [3.8, 4) is 0 Å². The summed E-state index contributed by atoms with van der Waals surface area (Å²) in [6, 6.07) is 9.14. The van der Waals surface area contributed by atoms with E-state index in [1.165, 1.54) is 17.7 Å². The van der Waals surface area contributed by atoms with E-state index in [4.69, 9.17) is 0 Å². The summed E-state index contributed by atoms with van der Waals surface area (Å²) >= 11 is 0. The van der Waals surface area contributed by atoms with Crippen LogP contribution in [0.3, 0.4) is 0 Å². The first-order valence-corrected chi connectivity index (χ1v) is 9.10. The topological polar surface area (TPSA) is 12.0 Å². The van der Waals surface area contributed by atoms with Crippen LogP contribution in [0.2, 0.25) is 0 Å². The number of aryl methyl sites for hydroxylation is 1. The SMILES string of the molecule is CCc1ccc(CNCC2C3CC4CC(C3)CC2C4)cc1. The fourth-order valence-electron chi connectivity index (χ4n) is 5.65. The van der Waals surface area contributed by atoms with Gasteiger partial charge >= 0.3 is 0 Å². The molecule has 4 aliphatic carbocycles. The van der Waals surface area contributed by atoms with Gasteiger partial charge in [-0.25, -0.2) is 0 Å². The van der Waals surface area contributed by atoms with E-state index in [1.54, 1.807) is 32.1 Å². The predicted molar refractivity (Wildman–Crippen MR) is 88.1 cm³/mol. The third-order valence-electron chi connectivity index (χ3n) is 6.56. The van der Waals surface area contributed by atoms with Crippen LogP contribution < -0.4 is 5.32 Å². The summed E-state index contributed by atoms with van der Waals surface area (Å²) in [7, 11) is 0. The van der Waals surface area contributed by atoms with Gasteiger partial charge in [-0.05, 0) is 85.8 Å². The Morgan fingerprint density at radius 3 is 2.00 bits per heavy atom. The number of hydrogen-bond acceptors (Lipinski definition) is 1. The van der Waals surface area contributed by atoms with E-state index in [-0.39, 0.29) is 0 Å². The Morgan fingerprint density at radius 2 is 1.43 bits per heavy atom. The first kappa shape index (κ1) is 13.8. The average molecular weight is 283 g/mol. The molecule has 4 aliphatic rings. The molecule has 0 radical (unpaired) electrons. The van der Waals surface area contributed by atoms with Crippen molar-refractivity contribution in [2.45, 2.75) is 52.0 Å². The molecule has 1 aromatic rings. The molecule has 0 aliphatic heterocycles. The molecule has 1 nitrogen and oxygen atoms in total. The van der Waals surface area contributed by atoms with E-state index in [2.05, 4.69) is 36.5 Å². The molecule has 4 fully saturated rings. The highest BCUT2D eigenvalue weighted by Crippen LogP contribution is 2.56. The summed E-state index contributed by atoms with van der Waals surface area (Å²) in [6.45, 7) is 4.52. The van der Waals surface area contributed by atoms with Crippen LogP contribution in [0.1, 0.15) is 50.2 Å². The lowest BCUT2D eigenvalue weighted by Crippen LogP contribution is -2.48. The average Bonchev–Trinajstić information content (AvgIpc) is 2.50. The lowest BCUT2D eigenvalue weighted by molar-refractivity contribution is -0.0355. The molecule has 5 rings (SSSR count). The minimum atomic E-state index is 0.979. The molecule has 4 saturated carbocycles. The molecule has 1 aromatic carbocycles. The van der Waals surface area contributed by atoms with Gasteiger partial charge < -0.3 is 5.32 Å². The minimum Gasteiger partial charge on any atom is -0.312 e. The smallest absolute Gasteiger partial charge is 0.0205 e. The summed E-state index contributed by atoms with van der Waals surface area (Å²) in [5.41, 5.74) is 2.89. The van der Waals surface area contributed by atoms with Crippen LogP contribution in [-0.2, 0) is 13.0 Å². The number of rotatable bonds is 5. The molecule has 0 unspecified atom stereocenters. The maximum Gasteiger partial charge on any atom is 0.0205 e. The van der Waals surface area contributed by atoms with Crippen molar-refractivity contribution in [1.29, 1.82) is 0 Å². The van der Waals surface area contributed by atoms with Crippen LogP contribution in [0.25, 0.3) is 0 Å². The van der Waals surface area contributed by atoms with Crippen LogP contribution >= 0.6 is 0 Å². The van der Waals surface area contributed by atoms with Crippen molar-refractivity contribution in [3.63, 3.8) is 0 Å². The summed E-state index contributed by atoms with van der Waals surface area (Å²) in [6.07, 6.45) is 8.89. The Morgan fingerprint density at radius 1 is 0.857 bits per heavy atom. The molecule has 0 heterocycles. The molecule has 21 heavy (non-hydrogen) atoms. The van der Waals surface area contributed by atoms with Gasteiger partial charge in [0.25, 0.3) is 0 Å². The maximum absolute atomic E-state index is 3.77. The lowest BCUT2D eigenvalue weighted by Gasteiger charge is -2.54. The zero-order valence-electron chi connectivity index (χ0n) is 13.4. The Hall–Kier alpha value is -0.820. The third-order valence-corrected chi connectivity index (χ3v) is 6.56. The molecule has 0 atom stereocenters. The second-order valence-corrected chi connectivity index (χ2v) is 7.90. The van der Waals surface area contributed by atoms with Crippen molar-refractivity contribution >= 4 is 0 Å². The minimum absolute atomic E-state index is 0.979. The highest BCUT2D eigenvalue weighted by atomic mass is 14.9. The molecule has 1 heteroatoms. The Kier molecular flexibility index (Phi) is 3.79.